The van der Waals surface area contributed by atoms with Gasteiger partial charge < -0.3 is 10.8 Å². The Balaban J connectivity index is 2.44. The van der Waals surface area contributed by atoms with Crippen molar-refractivity contribution in [1.29, 1.82) is 0 Å². The first-order valence-electron chi connectivity index (χ1n) is 6.51. The molecule has 0 saturated carbocycles. The summed E-state index contributed by atoms with van der Waals surface area (Å²) in [6, 6.07) is 6.75. The molecule has 2 atom stereocenters. The van der Waals surface area contributed by atoms with Crippen LogP contribution >= 0.6 is 0 Å². The van der Waals surface area contributed by atoms with Gasteiger partial charge >= 0.3 is 5.97 Å². The molecule has 5 nitrogen and oxygen atoms in total. The highest BCUT2D eigenvalue weighted by Gasteiger charge is 2.50. The quantitative estimate of drug-likeness (QED) is 0.858. The maximum atomic E-state index is 11.9. The molecule has 0 aromatic heterocycles. The molecule has 110 valence electrons. The Morgan fingerprint density at radius 3 is 2.70 bits per heavy atom. The third-order valence-corrected chi connectivity index (χ3v) is 5.93. The normalized spacial score (nSPS) is 29.0. The van der Waals surface area contributed by atoms with Gasteiger partial charge in [-0.05, 0) is 30.9 Å². The molecule has 0 bridgehead atoms. The van der Waals surface area contributed by atoms with Crippen molar-refractivity contribution >= 4 is 15.8 Å². The van der Waals surface area contributed by atoms with Crippen molar-refractivity contribution in [2.45, 2.75) is 25.8 Å². The minimum absolute atomic E-state index is 0.0308. The zero-order valence-electron chi connectivity index (χ0n) is 11.4. The number of carboxylic acids is 1. The fourth-order valence-electron chi connectivity index (χ4n) is 2.78. The van der Waals surface area contributed by atoms with Crippen LogP contribution in [0.25, 0.3) is 0 Å². The van der Waals surface area contributed by atoms with E-state index in [1.165, 1.54) is 0 Å². The van der Waals surface area contributed by atoms with Gasteiger partial charge in [0.25, 0.3) is 0 Å². The Kier molecular flexibility index (Phi) is 3.88. The number of hydrogen-bond donors (Lipinski definition) is 2. The van der Waals surface area contributed by atoms with E-state index in [0.29, 0.717) is 0 Å². The van der Waals surface area contributed by atoms with Crippen LogP contribution in [0.3, 0.4) is 0 Å². The molecule has 0 spiro atoms. The molecule has 3 N–H and O–H groups in total. The number of aryl methyl sites for hydroxylation is 1. The highest BCUT2D eigenvalue weighted by molar-refractivity contribution is 7.91. The average Bonchev–Trinajstić information content (AvgIpc) is 2.36. The van der Waals surface area contributed by atoms with E-state index in [1.54, 1.807) is 0 Å². The topological polar surface area (TPSA) is 97.5 Å². The summed E-state index contributed by atoms with van der Waals surface area (Å²) in [5.41, 5.74) is 6.34. The molecular formula is C14H19NO4S. The first-order chi connectivity index (χ1) is 9.27. The molecule has 1 aromatic carbocycles. The molecule has 0 aliphatic carbocycles. The van der Waals surface area contributed by atoms with Crippen LogP contribution in [0, 0.1) is 12.3 Å². The SMILES string of the molecule is Cc1ccccc1CC1(C(=O)O)CS(=O)(=O)CCC1N. The lowest BCUT2D eigenvalue weighted by molar-refractivity contribution is -0.149. The summed E-state index contributed by atoms with van der Waals surface area (Å²) in [6.07, 6.45) is 0.343. The fraction of sp³-hybridized carbons (Fsp3) is 0.500. The molecule has 1 aliphatic heterocycles. The van der Waals surface area contributed by atoms with Gasteiger partial charge in [0.1, 0.15) is 5.41 Å². The predicted molar refractivity (Wildman–Crippen MR) is 76.2 cm³/mol. The van der Waals surface area contributed by atoms with Crippen LogP contribution in [0.4, 0.5) is 0 Å². The molecular weight excluding hydrogens is 278 g/mol. The summed E-state index contributed by atoms with van der Waals surface area (Å²) in [7, 11) is -3.36. The highest BCUT2D eigenvalue weighted by Crippen LogP contribution is 2.35. The number of sulfone groups is 1. The van der Waals surface area contributed by atoms with Gasteiger partial charge in [0.05, 0.1) is 11.5 Å². The molecule has 2 unspecified atom stereocenters. The van der Waals surface area contributed by atoms with Gasteiger partial charge in [-0.3, -0.25) is 4.79 Å². The standard InChI is InChI=1S/C14H19NO4S/c1-10-4-2-3-5-11(10)8-14(13(16)17)9-20(18,19)7-6-12(14)15/h2-5,12H,6-9,15H2,1H3,(H,16,17). The van der Waals surface area contributed by atoms with Crippen LogP contribution in [0.1, 0.15) is 17.5 Å². The van der Waals surface area contributed by atoms with Crippen LogP contribution in [0.2, 0.25) is 0 Å². The minimum atomic E-state index is -3.36. The smallest absolute Gasteiger partial charge is 0.312 e. The van der Waals surface area contributed by atoms with Crippen LogP contribution in [0.5, 0.6) is 0 Å². The van der Waals surface area contributed by atoms with Crippen molar-refractivity contribution < 1.29 is 18.3 Å². The summed E-state index contributed by atoms with van der Waals surface area (Å²) in [6.45, 7) is 1.88. The van der Waals surface area contributed by atoms with Crippen LogP contribution in [-0.4, -0.2) is 37.0 Å². The summed E-state index contributed by atoms with van der Waals surface area (Å²) >= 11 is 0. The number of rotatable bonds is 3. The first-order valence-corrected chi connectivity index (χ1v) is 8.33. The molecule has 6 heteroatoms. The zero-order chi connectivity index (χ0) is 15.0. The second-order valence-electron chi connectivity index (χ2n) is 5.55. The van der Waals surface area contributed by atoms with Gasteiger partial charge in [-0.15, -0.1) is 0 Å². The van der Waals surface area contributed by atoms with Gasteiger partial charge in [0.2, 0.25) is 0 Å². The van der Waals surface area contributed by atoms with E-state index >= 15 is 0 Å². The molecule has 1 fully saturated rings. The Bertz CT molecular complexity index is 626. The molecule has 20 heavy (non-hydrogen) atoms. The van der Waals surface area contributed by atoms with Gasteiger partial charge in [0, 0.05) is 6.04 Å². The lowest BCUT2D eigenvalue weighted by Crippen LogP contribution is -2.57. The van der Waals surface area contributed by atoms with Crippen molar-refractivity contribution in [2.75, 3.05) is 11.5 Å². The van der Waals surface area contributed by atoms with Gasteiger partial charge in [-0.1, -0.05) is 24.3 Å². The van der Waals surface area contributed by atoms with E-state index in [-0.39, 0.29) is 24.3 Å². The maximum Gasteiger partial charge on any atom is 0.312 e. The number of nitrogens with two attached hydrogens (primary N) is 1. The Labute approximate surface area is 118 Å². The monoisotopic (exact) mass is 297 g/mol. The zero-order valence-corrected chi connectivity index (χ0v) is 12.2. The Morgan fingerprint density at radius 1 is 1.45 bits per heavy atom. The van der Waals surface area contributed by atoms with Crippen molar-refractivity contribution in [3.8, 4) is 0 Å². The van der Waals surface area contributed by atoms with Crippen molar-refractivity contribution in [3.63, 3.8) is 0 Å². The van der Waals surface area contributed by atoms with E-state index in [9.17, 15) is 18.3 Å². The second-order valence-corrected chi connectivity index (χ2v) is 7.74. The lowest BCUT2D eigenvalue weighted by Gasteiger charge is -2.38. The maximum absolute atomic E-state index is 11.9. The second kappa shape index (κ2) is 5.18. The van der Waals surface area contributed by atoms with Crippen molar-refractivity contribution in [3.05, 3.63) is 35.4 Å². The number of benzene rings is 1. The largest absolute Gasteiger partial charge is 0.481 e. The average molecular weight is 297 g/mol. The highest BCUT2D eigenvalue weighted by atomic mass is 32.2. The van der Waals surface area contributed by atoms with Gasteiger partial charge in [-0.2, -0.15) is 0 Å². The Morgan fingerprint density at radius 2 is 2.10 bits per heavy atom. The number of carbonyl (C=O) groups is 1. The van der Waals surface area contributed by atoms with Crippen LogP contribution < -0.4 is 5.73 Å². The number of carboxylic acid groups (broad SMARTS) is 1. The molecule has 1 saturated heterocycles. The molecule has 1 aromatic rings. The minimum Gasteiger partial charge on any atom is -0.481 e. The number of hydrogen-bond acceptors (Lipinski definition) is 4. The van der Waals surface area contributed by atoms with E-state index in [1.807, 2.05) is 31.2 Å². The van der Waals surface area contributed by atoms with Gasteiger partial charge in [-0.25, -0.2) is 8.42 Å². The summed E-state index contributed by atoms with van der Waals surface area (Å²) in [5, 5.41) is 9.60. The summed E-state index contributed by atoms with van der Waals surface area (Å²) < 4.78 is 23.7. The van der Waals surface area contributed by atoms with Crippen LogP contribution in [0.15, 0.2) is 24.3 Å². The predicted octanol–water partition coefficient (Wildman–Crippen LogP) is 0.754. The van der Waals surface area contributed by atoms with E-state index in [2.05, 4.69) is 0 Å². The van der Waals surface area contributed by atoms with Crippen molar-refractivity contribution in [2.24, 2.45) is 11.1 Å². The fourth-order valence-corrected chi connectivity index (χ4v) is 4.76. The molecule has 2 rings (SSSR count). The molecule has 0 radical (unpaired) electrons. The first kappa shape index (κ1) is 15.0. The summed E-state index contributed by atoms with van der Waals surface area (Å²) in [5.74, 6) is -1.54. The third-order valence-electron chi connectivity index (χ3n) is 4.12. The lowest BCUT2D eigenvalue weighted by atomic mass is 9.75. The van der Waals surface area contributed by atoms with E-state index in [0.717, 1.165) is 11.1 Å². The van der Waals surface area contributed by atoms with E-state index in [4.69, 9.17) is 5.73 Å². The van der Waals surface area contributed by atoms with E-state index < -0.39 is 27.3 Å². The molecule has 0 amide bonds. The van der Waals surface area contributed by atoms with Crippen LogP contribution in [-0.2, 0) is 21.1 Å². The Hall–Kier alpha value is -1.40. The van der Waals surface area contributed by atoms with Gasteiger partial charge in [0.15, 0.2) is 9.84 Å². The number of aliphatic carboxylic acids is 1. The molecule has 1 aliphatic rings. The third kappa shape index (κ3) is 2.71. The summed E-state index contributed by atoms with van der Waals surface area (Å²) in [4.78, 5) is 11.7. The molecule has 1 heterocycles. The van der Waals surface area contributed by atoms with Crippen molar-refractivity contribution in [1.82, 2.24) is 0 Å².